The normalized spacial score (nSPS) is 17.8. The molecule has 0 fully saturated rings. The van der Waals surface area contributed by atoms with E-state index in [9.17, 15) is 18.8 Å². The summed E-state index contributed by atoms with van der Waals surface area (Å²) in [4.78, 5) is 40.9. The van der Waals surface area contributed by atoms with E-state index in [1.54, 1.807) is 29.7 Å². The van der Waals surface area contributed by atoms with E-state index in [0.717, 1.165) is 6.42 Å². The molecule has 1 aliphatic rings. The van der Waals surface area contributed by atoms with Crippen LogP contribution in [-0.4, -0.2) is 39.3 Å². The lowest BCUT2D eigenvalue weighted by molar-refractivity contribution is -0.133. The molecule has 0 saturated carbocycles. The fourth-order valence-electron chi connectivity index (χ4n) is 4.43. The smallest absolute Gasteiger partial charge is 0.274 e. The lowest BCUT2D eigenvalue weighted by atomic mass is 9.94. The summed E-state index contributed by atoms with van der Waals surface area (Å²) in [6.07, 6.45) is 2.31. The van der Waals surface area contributed by atoms with Crippen LogP contribution in [0.2, 0.25) is 0 Å². The first kappa shape index (κ1) is 23.5. The predicted molar refractivity (Wildman–Crippen MR) is 126 cm³/mol. The van der Waals surface area contributed by atoms with Crippen molar-refractivity contribution in [3.05, 3.63) is 53.9 Å². The van der Waals surface area contributed by atoms with Gasteiger partial charge in [0.15, 0.2) is 0 Å². The first-order valence-corrected chi connectivity index (χ1v) is 11.3. The van der Waals surface area contributed by atoms with Crippen molar-refractivity contribution in [3.8, 4) is 0 Å². The van der Waals surface area contributed by atoms with Crippen molar-refractivity contribution in [1.29, 1.82) is 0 Å². The Balaban J connectivity index is 1.85. The molecule has 0 spiro atoms. The lowest BCUT2D eigenvalue weighted by Crippen LogP contribution is -2.63. The van der Waals surface area contributed by atoms with Crippen molar-refractivity contribution < 1.29 is 23.2 Å². The Labute approximate surface area is 197 Å². The molecule has 34 heavy (non-hydrogen) atoms. The number of anilines is 1. The molecule has 1 atom stereocenters. The molecule has 8 nitrogen and oxygen atoms in total. The molecule has 1 aromatic carbocycles. The summed E-state index contributed by atoms with van der Waals surface area (Å²) in [5.41, 5.74) is -0.248. The van der Waals surface area contributed by atoms with E-state index in [-0.39, 0.29) is 36.3 Å². The number of nitrogens with one attached hydrogen (secondary N) is 2. The summed E-state index contributed by atoms with van der Waals surface area (Å²) in [7, 11) is 0. The van der Waals surface area contributed by atoms with Gasteiger partial charge in [-0.05, 0) is 49.6 Å². The van der Waals surface area contributed by atoms with Gasteiger partial charge in [-0.1, -0.05) is 13.8 Å². The molecular formula is C25H29FN4O4. The number of fused-ring (bicyclic) bond motifs is 3. The summed E-state index contributed by atoms with van der Waals surface area (Å²) >= 11 is 0. The molecule has 9 heteroatoms. The zero-order valence-corrected chi connectivity index (χ0v) is 19.8. The van der Waals surface area contributed by atoms with Crippen LogP contribution in [0.3, 0.4) is 0 Å². The van der Waals surface area contributed by atoms with Crippen LogP contribution in [0, 0.1) is 11.7 Å². The van der Waals surface area contributed by atoms with Crippen LogP contribution in [0.15, 0.2) is 41.0 Å². The van der Waals surface area contributed by atoms with E-state index in [2.05, 4.69) is 24.5 Å². The third-order valence-electron chi connectivity index (χ3n) is 6.23. The van der Waals surface area contributed by atoms with Crippen LogP contribution in [0.5, 0.6) is 0 Å². The van der Waals surface area contributed by atoms with Gasteiger partial charge in [0, 0.05) is 18.9 Å². The Morgan fingerprint density at radius 1 is 1.26 bits per heavy atom. The Kier molecular flexibility index (Phi) is 6.20. The number of benzene rings is 1. The molecule has 3 heterocycles. The van der Waals surface area contributed by atoms with Gasteiger partial charge in [-0.3, -0.25) is 14.4 Å². The average Bonchev–Trinajstić information content (AvgIpc) is 3.37. The molecule has 3 aromatic rings. The Morgan fingerprint density at radius 3 is 2.68 bits per heavy atom. The number of amides is 3. The van der Waals surface area contributed by atoms with Gasteiger partial charge in [0.1, 0.15) is 22.8 Å². The van der Waals surface area contributed by atoms with Crippen LogP contribution in [-0.2, 0) is 22.7 Å². The number of furan rings is 1. The van der Waals surface area contributed by atoms with Crippen molar-refractivity contribution >= 4 is 34.3 Å². The topological polar surface area (TPSA) is 96.6 Å². The lowest BCUT2D eigenvalue weighted by Gasteiger charge is -2.44. The molecule has 2 N–H and O–H groups in total. The molecule has 0 radical (unpaired) electrons. The predicted octanol–water partition coefficient (Wildman–Crippen LogP) is 3.91. The number of hydrogen-bond acceptors (Lipinski definition) is 4. The van der Waals surface area contributed by atoms with E-state index in [1.807, 2.05) is 0 Å². The van der Waals surface area contributed by atoms with Gasteiger partial charge in [-0.25, -0.2) is 4.39 Å². The van der Waals surface area contributed by atoms with Gasteiger partial charge in [0.05, 0.1) is 30.6 Å². The Bertz CT molecular complexity index is 1250. The largest absolute Gasteiger partial charge is 0.467 e. The second-order valence-corrected chi connectivity index (χ2v) is 9.34. The second kappa shape index (κ2) is 8.96. The van der Waals surface area contributed by atoms with Crippen LogP contribution in [0.4, 0.5) is 10.1 Å². The van der Waals surface area contributed by atoms with E-state index in [4.69, 9.17) is 4.42 Å². The molecule has 0 saturated heterocycles. The number of hydrogen-bond donors (Lipinski definition) is 2. The summed E-state index contributed by atoms with van der Waals surface area (Å²) in [5, 5.41) is 6.08. The van der Waals surface area contributed by atoms with E-state index in [0.29, 0.717) is 29.1 Å². The number of aromatic nitrogens is 1. The van der Waals surface area contributed by atoms with E-state index in [1.165, 1.54) is 30.2 Å². The van der Waals surface area contributed by atoms with Crippen LogP contribution in [0.1, 0.15) is 50.4 Å². The maximum absolute atomic E-state index is 14.1. The van der Waals surface area contributed by atoms with Crippen LogP contribution >= 0.6 is 0 Å². The molecule has 1 unspecified atom stereocenters. The fourth-order valence-corrected chi connectivity index (χ4v) is 4.43. The minimum Gasteiger partial charge on any atom is -0.467 e. The third-order valence-corrected chi connectivity index (χ3v) is 6.23. The zero-order chi connectivity index (χ0) is 24.6. The number of rotatable bonds is 7. The van der Waals surface area contributed by atoms with Crippen molar-refractivity contribution in [2.24, 2.45) is 5.92 Å². The van der Waals surface area contributed by atoms with Gasteiger partial charge >= 0.3 is 0 Å². The molecule has 3 amide bonds. The highest BCUT2D eigenvalue weighted by Gasteiger charge is 2.49. The zero-order valence-electron chi connectivity index (χ0n) is 19.8. The minimum atomic E-state index is -1.25. The SMILES string of the molecule is CC(=O)Nc1c2n(c3ccc(F)cc13)CC(C)(C(=O)NCCC(C)C)N(Cc1ccco1)C2=O. The van der Waals surface area contributed by atoms with Gasteiger partial charge in [-0.2, -0.15) is 0 Å². The highest BCUT2D eigenvalue weighted by molar-refractivity contribution is 6.14. The highest BCUT2D eigenvalue weighted by atomic mass is 19.1. The van der Waals surface area contributed by atoms with Crippen LogP contribution in [0.25, 0.3) is 10.9 Å². The molecule has 4 rings (SSSR count). The summed E-state index contributed by atoms with van der Waals surface area (Å²) in [6, 6.07) is 7.60. The van der Waals surface area contributed by atoms with E-state index < -0.39 is 17.3 Å². The molecule has 180 valence electrons. The molecule has 0 aliphatic carbocycles. The first-order valence-electron chi connectivity index (χ1n) is 11.3. The molecule has 2 aromatic heterocycles. The molecule has 1 aliphatic heterocycles. The summed E-state index contributed by atoms with van der Waals surface area (Å²) < 4.78 is 21.3. The average molecular weight is 469 g/mol. The molecular weight excluding hydrogens is 439 g/mol. The van der Waals surface area contributed by atoms with Crippen molar-refractivity contribution in [2.45, 2.75) is 52.7 Å². The van der Waals surface area contributed by atoms with Gasteiger partial charge in [0.2, 0.25) is 11.8 Å². The van der Waals surface area contributed by atoms with Crippen molar-refractivity contribution in [2.75, 3.05) is 11.9 Å². The van der Waals surface area contributed by atoms with Crippen LogP contribution < -0.4 is 10.6 Å². The maximum Gasteiger partial charge on any atom is 0.274 e. The van der Waals surface area contributed by atoms with Gasteiger partial charge in [0.25, 0.3) is 5.91 Å². The standard InChI is InChI=1S/C25H29FN4O4/c1-15(2)9-10-27-24(33)25(4)14-29-20-8-7-17(26)12-19(20)21(28-16(3)31)22(29)23(32)30(25)13-18-6-5-11-34-18/h5-8,11-12,15H,9-10,13-14H2,1-4H3,(H,27,33)(H,28,31). The van der Waals surface area contributed by atoms with E-state index >= 15 is 0 Å². The first-order chi connectivity index (χ1) is 16.1. The van der Waals surface area contributed by atoms with Crippen molar-refractivity contribution in [1.82, 2.24) is 14.8 Å². The van der Waals surface area contributed by atoms with Gasteiger partial charge < -0.3 is 24.5 Å². The maximum atomic E-state index is 14.1. The quantitative estimate of drug-likeness (QED) is 0.550. The fraction of sp³-hybridized carbons (Fsp3) is 0.400. The van der Waals surface area contributed by atoms with Gasteiger partial charge in [-0.15, -0.1) is 0 Å². The van der Waals surface area contributed by atoms with Crippen molar-refractivity contribution in [3.63, 3.8) is 0 Å². The number of halogens is 1. The minimum absolute atomic E-state index is 0.0648. The Morgan fingerprint density at radius 2 is 2.03 bits per heavy atom. The Hall–Kier alpha value is -3.62. The number of carbonyl (C=O) groups excluding carboxylic acids is 3. The highest BCUT2D eigenvalue weighted by Crippen LogP contribution is 2.39. The number of nitrogens with zero attached hydrogens (tertiary/aromatic N) is 2. The number of carbonyl (C=O) groups is 3. The molecule has 0 bridgehead atoms. The second-order valence-electron chi connectivity index (χ2n) is 9.34. The summed E-state index contributed by atoms with van der Waals surface area (Å²) in [6.45, 7) is 7.87. The monoisotopic (exact) mass is 468 g/mol. The summed E-state index contributed by atoms with van der Waals surface area (Å²) in [5.74, 6) is -0.684. The third kappa shape index (κ3) is 4.18.